The maximum Gasteiger partial charge on any atom is 0.262 e. The minimum atomic E-state index is -0.457. The molecule has 2 aliphatic carbocycles. The first kappa shape index (κ1) is 22.7. The Morgan fingerprint density at radius 2 is 2.06 bits per heavy atom. The Morgan fingerprint density at radius 3 is 2.85 bits per heavy atom. The highest BCUT2D eigenvalue weighted by Crippen LogP contribution is 2.34. The number of amides is 2. The number of halogens is 1. The van der Waals surface area contributed by atoms with Crippen molar-refractivity contribution >= 4 is 44.8 Å². The third-order valence-corrected chi connectivity index (χ3v) is 8.06. The first-order valence-corrected chi connectivity index (χ1v) is 13.4. The molecule has 176 valence electrons. The van der Waals surface area contributed by atoms with E-state index in [-0.39, 0.29) is 11.8 Å². The molecule has 2 saturated carbocycles. The third kappa shape index (κ3) is 5.69. The minimum absolute atomic E-state index is 0.0301. The molecule has 2 aromatic heterocycles. The molecule has 3 heterocycles. The van der Waals surface area contributed by atoms with Crippen molar-refractivity contribution < 1.29 is 14.3 Å². The van der Waals surface area contributed by atoms with Gasteiger partial charge in [0.05, 0.1) is 18.0 Å². The fourth-order valence-corrected chi connectivity index (χ4v) is 5.88. The van der Waals surface area contributed by atoms with Gasteiger partial charge in [0.1, 0.15) is 18.3 Å². The summed E-state index contributed by atoms with van der Waals surface area (Å²) in [5.41, 5.74) is 0.948. The van der Waals surface area contributed by atoms with E-state index in [0.29, 0.717) is 35.9 Å². The predicted octanol–water partition coefficient (Wildman–Crippen LogP) is 4.26. The first-order chi connectivity index (χ1) is 16.0. The molecule has 2 amide bonds. The molecule has 2 aromatic rings. The molecule has 33 heavy (non-hydrogen) atoms. The number of hydrogen-bond donors (Lipinski definition) is 2. The van der Waals surface area contributed by atoms with Gasteiger partial charge in [0.25, 0.3) is 5.91 Å². The Morgan fingerprint density at radius 1 is 1.24 bits per heavy atom. The monoisotopic (exact) mass is 532 g/mol. The standard InChI is InChI=1S/C24H29BrN4O3S/c25-16-12-20-24(26-13-16)32-10-9-29(20)14-18-7-8-21(33-18)23(31)28-19(11-15-3-1-2-4-15)22(30)27-17-5-6-17/h7-8,12-13,15,17,19H,1-6,9-11,14H2,(H,27,30)(H,28,31)/t19-/m0/s1. The first-order valence-electron chi connectivity index (χ1n) is 11.8. The molecule has 0 aromatic carbocycles. The lowest BCUT2D eigenvalue weighted by Gasteiger charge is -2.30. The molecule has 0 radical (unpaired) electrons. The molecule has 9 heteroatoms. The summed E-state index contributed by atoms with van der Waals surface area (Å²) in [6, 6.07) is 5.70. The van der Waals surface area contributed by atoms with Crippen LogP contribution in [0.3, 0.4) is 0 Å². The van der Waals surface area contributed by atoms with Crippen LogP contribution in [0.15, 0.2) is 28.9 Å². The molecule has 1 aliphatic heterocycles. The van der Waals surface area contributed by atoms with Gasteiger partial charge in [-0.1, -0.05) is 25.7 Å². The Kier molecular flexibility index (Phi) is 6.87. The molecule has 1 atom stereocenters. The molecule has 2 fully saturated rings. The van der Waals surface area contributed by atoms with Crippen molar-refractivity contribution in [3.8, 4) is 5.88 Å². The van der Waals surface area contributed by atoms with Gasteiger partial charge in [0, 0.05) is 21.6 Å². The van der Waals surface area contributed by atoms with E-state index in [9.17, 15) is 9.59 Å². The van der Waals surface area contributed by atoms with Crippen molar-refractivity contribution in [3.05, 3.63) is 38.6 Å². The quantitative estimate of drug-likeness (QED) is 0.530. The zero-order valence-corrected chi connectivity index (χ0v) is 20.9. The molecule has 5 rings (SSSR count). The largest absolute Gasteiger partial charge is 0.474 e. The van der Waals surface area contributed by atoms with Crippen molar-refractivity contribution in [3.63, 3.8) is 0 Å². The Bertz CT molecular complexity index is 1020. The van der Waals surface area contributed by atoms with Crippen molar-refractivity contribution in [2.45, 2.75) is 63.6 Å². The number of fused-ring (bicyclic) bond motifs is 1. The number of carbonyl (C=O) groups excluding carboxylic acids is 2. The van der Waals surface area contributed by atoms with Gasteiger partial charge in [-0.05, 0) is 59.3 Å². The van der Waals surface area contributed by atoms with Gasteiger partial charge in [-0.2, -0.15) is 0 Å². The summed E-state index contributed by atoms with van der Waals surface area (Å²) in [5, 5.41) is 6.12. The van der Waals surface area contributed by atoms with Gasteiger partial charge in [0.15, 0.2) is 0 Å². The number of ether oxygens (including phenoxy) is 1. The number of thiophene rings is 1. The minimum Gasteiger partial charge on any atom is -0.474 e. The van der Waals surface area contributed by atoms with Crippen LogP contribution in [-0.4, -0.2) is 42.0 Å². The predicted molar refractivity (Wildman–Crippen MR) is 132 cm³/mol. The van der Waals surface area contributed by atoms with Crippen molar-refractivity contribution in [1.82, 2.24) is 15.6 Å². The second-order valence-electron chi connectivity index (χ2n) is 9.21. The molecule has 0 bridgehead atoms. The Hall–Kier alpha value is -2.13. The van der Waals surface area contributed by atoms with Crippen LogP contribution in [0.25, 0.3) is 0 Å². The number of anilines is 1. The van der Waals surface area contributed by atoms with Crippen molar-refractivity contribution in [1.29, 1.82) is 0 Å². The lowest BCUT2D eigenvalue weighted by molar-refractivity contribution is -0.123. The summed E-state index contributed by atoms with van der Waals surface area (Å²) in [6.45, 7) is 2.02. The summed E-state index contributed by atoms with van der Waals surface area (Å²) < 4.78 is 6.57. The number of rotatable bonds is 8. The van der Waals surface area contributed by atoms with Crippen LogP contribution >= 0.6 is 27.3 Å². The van der Waals surface area contributed by atoms with Crippen LogP contribution in [-0.2, 0) is 11.3 Å². The lowest BCUT2D eigenvalue weighted by Crippen LogP contribution is -2.48. The average molecular weight is 533 g/mol. The normalized spacial score (nSPS) is 19.0. The number of nitrogens with one attached hydrogen (secondary N) is 2. The second kappa shape index (κ2) is 10.0. The highest BCUT2D eigenvalue weighted by atomic mass is 79.9. The van der Waals surface area contributed by atoms with Crippen LogP contribution in [0.5, 0.6) is 5.88 Å². The highest BCUT2D eigenvalue weighted by Gasteiger charge is 2.31. The van der Waals surface area contributed by atoms with E-state index in [2.05, 4.69) is 36.4 Å². The van der Waals surface area contributed by atoms with Crippen molar-refractivity contribution in [2.75, 3.05) is 18.1 Å². The van der Waals surface area contributed by atoms with Crippen molar-refractivity contribution in [2.24, 2.45) is 5.92 Å². The van der Waals surface area contributed by atoms with Gasteiger partial charge in [-0.15, -0.1) is 11.3 Å². The highest BCUT2D eigenvalue weighted by molar-refractivity contribution is 9.10. The van der Waals surface area contributed by atoms with Gasteiger partial charge < -0.3 is 20.3 Å². The Balaban J connectivity index is 1.24. The van der Waals surface area contributed by atoms with Crippen LogP contribution in [0.1, 0.15) is 59.5 Å². The number of pyridine rings is 1. The van der Waals surface area contributed by atoms with Crippen LogP contribution in [0.2, 0.25) is 0 Å². The summed E-state index contributed by atoms with van der Waals surface area (Å²) >= 11 is 4.96. The van der Waals surface area contributed by atoms with E-state index in [1.807, 2.05) is 18.2 Å². The van der Waals surface area contributed by atoms with E-state index in [1.165, 1.54) is 24.2 Å². The van der Waals surface area contributed by atoms with Crippen LogP contribution in [0, 0.1) is 5.92 Å². The Labute approximate surface area is 206 Å². The maximum atomic E-state index is 13.1. The maximum absolute atomic E-state index is 13.1. The van der Waals surface area contributed by atoms with E-state index in [4.69, 9.17) is 4.74 Å². The molecule has 0 saturated heterocycles. The summed E-state index contributed by atoms with van der Waals surface area (Å²) in [4.78, 5) is 34.2. The summed E-state index contributed by atoms with van der Waals surface area (Å²) in [7, 11) is 0. The molecule has 7 nitrogen and oxygen atoms in total. The van der Waals surface area contributed by atoms with E-state index in [1.54, 1.807) is 6.20 Å². The third-order valence-electron chi connectivity index (χ3n) is 6.56. The van der Waals surface area contributed by atoms with E-state index < -0.39 is 6.04 Å². The summed E-state index contributed by atoms with van der Waals surface area (Å²) in [5.74, 6) is 0.966. The summed E-state index contributed by atoms with van der Waals surface area (Å²) in [6.07, 6.45) is 9.30. The topological polar surface area (TPSA) is 83.6 Å². The zero-order valence-electron chi connectivity index (χ0n) is 18.5. The number of nitrogens with zero attached hydrogens (tertiary/aromatic N) is 2. The van der Waals surface area contributed by atoms with Gasteiger partial charge in [-0.25, -0.2) is 4.98 Å². The van der Waals surface area contributed by atoms with E-state index >= 15 is 0 Å². The SMILES string of the molecule is O=C(N[C@@H](CC1CCCC1)C(=O)NC1CC1)c1ccc(CN2CCOc3ncc(Br)cc32)s1. The molecule has 2 N–H and O–H groups in total. The smallest absolute Gasteiger partial charge is 0.262 e. The second-order valence-corrected chi connectivity index (χ2v) is 11.3. The fraction of sp³-hybridized carbons (Fsp3) is 0.542. The zero-order chi connectivity index (χ0) is 22.8. The van der Waals surface area contributed by atoms with Gasteiger partial charge >= 0.3 is 0 Å². The number of hydrogen-bond acceptors (Lipinski definition) is 6. The fourth-order valence-electron chi connectivity index (χ4n) is 4.63. The molecule has 0 unspecified atom stereocenters. The van der Waals surface area contributed by atoms with Crippen LogP contribution in [0.4, 0.5) is 5.69 Å². The molecular formula is C24H29BrN4O3S. The number of aromatic nitrogens is 1. The molecule has 0 spiro atoms. The lowest BCUT2D eigenvalue weighted by atomic mass is 9.97. The van der Waals surface area contributed by atoms with E-state index in [0.717, 1.165) is 53.7 Å². The van der Waals surface area contributed by atoms with Crippen LogP contribution < -0.4 is 20.3 Å². The molecular weight excluding hydrogens is 504 g/mol. The molecule has 3 aliphatic rings. The number of carbonyl (C=O) groups is 2. The van der Waals surface area contributed by atoms with Gasteiger partial charge in [-0.3, -0.25) is 9.59 Å². The van der Waals surface area contributed by atoms with Gasteiger partial charge in [0.2, 0.25) is 11.8 Å². The average Bonchev–Trinajstić information content (AvgIpc) is 3.25.